The van der Waals surface area contributed by atoms with Crippen LogP contribution in [0.3, 0.4) is 0 Å². The molecular weight excluding hydrogens is 212 g/mol. The van der Waals surface area contributed by atoms with Gasteiger partial charge in [0, 0.05) is 19.0 Å². The minimum Gasteiger partial charge on any atom is -0.342 e. The van der Waals surface area contributed by atoms with Gasteiger partial charge in [0.25, 0.3) is 0 Å². The second-order valence-corrected chi connectivity index (χ2v) is 5.77. The van der Waals surface area contributed by atoms with E-state index in [0.29, 0.717) is 12.5 Å². The number of carbonyl (C=O) groups excluding carboxylic acids is 1. The van der Waals surface area contributed by atoms with Crippen LogP contribution >= 0.6 is 0 Å². The van der Waals surface area contributed by atoms with Gasteiger partial charge in [-0.2, -0.15) is 0 Å². The van der Waals surface area contributed by atoms with Gasteiger partial charge in [0.05, 0.1) is 0 Å². The molecule has 1 fully saturated rings. The lowest BCUT2D eigenvalue weighted by atomic mass is 9.90. The molecule has 100 valence electrons. The van der Waals surface area contributed by atoms with Crippen molar-refractivity contribution in [3.8, 4) is 0 Å². The Labute approximate surface area is 106 Å². The molecule has 2 unspecified atom stereocenters. The van der Waals surface area contributed by atoms with Gasteiger partial charge in [-0.25, -0.2) is 0 Å². The van der Waals surface area contributed by atoms with E-state index in [-0.39, 0.29) is 11.3 Å². The fraction of sp³-hybridized carbons (Fsp3) is 0.929. The molecular formula is C14H28N2O. The molecule has 2 N–H and O–H groups in total. The average Bonchev–Trinajstić information content (AvgIpc) is 2.73. The molecule has 0 saturated carbocycles. The van der Waals surface area contributed by atoms with E-state index in [1.54, 1.807) is 0 Å². The van der Waals surface area contributed by atoms with E-state index in [1.807, 2.05) is 4.90 Å². The molecule has 0 aromatic rings. The van der Waals surface area contributed by atoms with E-state index in [4.69, 9.17) is 5.73 Å². The topological polar surface area (TPSA) is 46.3 Å². The molecule has 0 bridgehead atoms. The Balaban J connectivity index is 2.52. The van der Waals surface area contributed by atoms with Gasteiger partial charge >= 0.3 is 0 Å². The van der Waals surface area contributed by atoms with E-state index in [2.05, 4.69) is 20.8 Å². The third kappa shape index (κ3) is 3.70. The van der Waals surface area contributed by atoms with E-state index in [9.17, 15) is 4.79 Å². The van der Waals surface area contributed by atoms with E-state index >= 15 is 0 Å². The summed E-state index contributed by atoms with van der Waals surface area (Å²) in [7, 11) is 0. The number of hydrogen-bond acceptors (Lipinski definition) is 2. The van der Waals surface area contributed by atoms with Crippen LogP contribution in [0.4, 0.5) is 0 Å². The van der Waals surface area contributed by atoms with Gasteiger partial charge in [0.2, 0.25) is 5.91 Å². The maximum Gasteiger partial charge on any atom is 0.225 e. The summed E-state index contributed by atoms with van der Waals surface area (Å²) in [5.41, 5.74) is 5.93. The van der Waals surface area contributed by atoms with E-state index in [1.165, 1.54) is 6.42 Å². The van der Waals surface area contributed by atoms with Gasteiger partial charge in [-0.1, -0.05) is 33.6 Å². The summed E-state index contributed by atoms with van der Waals surface area (Å²) in [6, 6.07) is 0. The molecule has 0 aliphatic carbocycles. The largest absolute Gasteiger partial charge is 0.342 e. The molecule has 1 saturated heterocycles. The van der Waals surface area contributed by atoms with Crippen LogP contribution in [0.25, 0.3) is 0 Å². The van der Waals surface area contributed by atoms with E-state index in [0.717, 1.165) is 38.8 Å². The van der Waals surface area contributed by atoms with Gasteiger partial charge in [-0.15, -0.1) is 0 Å². The van der Waals surface area contributed by atoms with Crippen LogP contribution in [0, 0.1) is 11.3 Å². The van der Waals surface area contributed by atoms with Crippen molar-refractivity contribution in [3.63, 3.8) is 0 Å². The summed E-state index contributed by atoms with van der Waals surface area (Å²) in [5.74, 6) is 0.591. The van der Waals surface area contributed by atoms with Crippen LogP contribution in [-0.4, -0.2) is 30.4 Å². The number of amides is 1. The predicted molar refractivity (Wildman–Crippen MR) is 71.7 cm³/mol. The van der Waals surface area contributed by atoms with Crippen LogP contribution in [0.1, 0.15) is 52.9 Å². The molecule has 0 aromatic heterocycles. The fourth-order valence-electron chi connectivity index (χ4n) is 2.59. The smallest absolute Gasteiger partial charge is 0.225 e. The minimum atomic E-state index is 0.151. The summed E-state index contributed by atoms with van der Waals surface area (Å²) < 4.78 is 0. The van der Waals surface area contributed by atoms with Gasteiger partial charge in [0.15, 0.2) is 0 Å². The summed E-state index contributed by atoms with van der Waals surface area (Å²) in [4.78, 5) is 14.4. The Bertz CT molecular complexity index is 255. The first-order chi connectivity index (χ1) is 8.06. The lowest BCUT2D eigenvalue weighted by Gasteiger charge is -2.25. The number of nitrogens with zero attached hydrogens (tertiary/aromatic N) is 1. The van der Waals surface area contributed by atoms with Crippen molar-refractivity contribution in [2.24, 2.45) is 17.1 Å². The molecule has 17 heavy (non-hydrogen) atoms. The fourth-order valence-corrected chi connectivity index (χ4v) is 2.59. The third-order valence-corrected chi connectivity index (χ3v) is 4.11. The predicted octanol–water partition coefficient (Wildman–Crippen LogP) is 2.40. The number of nitrogens with two attached hydrogens (primary N) is 1. The molecule has 0 spiro atoms. The summed E-state index contributed by atoms with van der Waals surface area (Å²) in [6.45, 7) is 8.92. The number of unbranched alkanes of at least 4 members (excludes halogenated alkanes) is 1. The number of carbonyl (C=O) groups is 1. The molecule has 3 nitrogen and oxygen atoms in total. The van der Waals surface area contributed by atoms with Gasteiger partial charge in [-0.05, 0) is 31.2 Å². The summed E-state index contributed by atoms with van der Waals surface area (Å²) in [6.07, 6.45) is 5.40. The van der Waals surface area contributed by atoms with E-state index < -0.39 is 0 Å². The van der Waals surface area contributed by atoms with Crippen LogP contribution in [0.15, 0.2) is 0 Å². The van der Waals surface area contributed by atoms with Crippen LogP contribution < -0.4 is 5.73 Å². The second kappa shape index (κ2) is 6.39. The van der Waals surface area contributed by atoms with Crippen molar-refractivity contribution in [1.82, 2.24) is 4.90 Å². The van der Waals surface area contributed by atoms with Crippen LogP contribution in [0.2, 0.25) is 0 Å². The highest BCUT2D eigenvalue weighted by molar-refractivity contribution is 5.79. The van der Waals surface area contributed by atoms with Crippen molar-refractivity contribution in [2.75, 3.05) is 19.6 Å². The first kappa shape index (κ1) is 14.5. The van der Waals surface area contributed by atoms with Crippen molar-refractivity contribution in [2.45, 2.75) is 52.9 Å². The number of likely N-dealkylation sites (tertiary alicyclic amines) is 1. The highest BCUT2D eigenvalue weighted by Crippen LogP contribution is 2.30. The molecule has 1 heterocycles. The lowest BCUT2D eigenvalue weighted by Crippen LogP contribution is -2.37. The minimum absolute atomic E-state index is 0.151. The normalized spacial score (nSPS) is 26.2. The van der Waals surface area contributed by atoms with Gasteiger partial charge in [0.1, 0.15) is 0 Å². The molecule has 1 amide bonds. The zero-order valence-corrected chi connectivity index (χ0v) is 11.7. The maximum atomic E-state index is 12.4. The summed E-state index contributed by atoms with van der Waals surface area (Å²) >= 11 is 0. The van der Waals surface area contributed by atoms with Crippen molar-refractivity contribution < 1.29 is 4.79 Å². The SMILES string of the molecule is CCCCC(CC)C(=O)N1CCC(C)(CN)C1. The van der Waals surface area contributed by atoms with Crippen molar-refractivity contribution in [1.29, 1.82) is 0 Å². The zero-order valence-electron chi connectivity index (χ0n) is 11.7. The first-order valence-corrected chi connectivity index (χ1v) is 7.05. The molecule has 0 aromatic carbocycles. The Kier molecular flexibility index (Phi) is 5.44. The van der Waals surface area contributed by atoms with Crippen LogP contribution in [0.5, 0.6) is 0 Å². The third-order valence-electron chi connectivity index (χ3n) is 4.11. The molecule has 2 atom stereocenters. The molecule has 1 rings (SSSR count). The molecule has 1 aliphatic heterocycles. The highest BCUT2D eigenvalue weighted by atomic mass is 16.2. The Morgan fingerprint density at radius 1 is 1.47 bits per heavy atom. The quantitative estimate of drug-likeness (QED) is 0.775. The Morgan fingerprint density at radius 2 is 2.18 bits per heavy atom. The Hall–Kier alpha value is -0.570. The highest BCUT2D eigenvalue weighted by Gasteiger charge is 2.36. The van der Waals surface area contributed by atoms with Crippen molar-refractivity contribution >= 4 is 5.91 Å². The molecule has 3 heteroatoms. The second-order valence-electron chi connectivity index (χ2n) is 5.77. The van der Waals surface area contributed by atoms with Gasteiger partial charge in [-0.3, -0.25) is 4.79 Å². The Morgan fingerprint density at radius 3 is 2.65 bits per heavy atom. The first-order valence-electron chi connectivity index (χ1n) is 7.05. The lowest BCUT2D eigenvalue weighted by molar-refractivity contribution is -0.135. The molecule has 0 radical (unpaired) electrons. The van der Waals surface area contributed by atoms with Crippen molar-refractivity contribution in [3.05, 3.63) is 0 Å². The maximum absolute atomic E-state index is 12.4. The average molecular weight is 240 g/mol. The number of hydrogen-bond donors (Lipinski definition) is 1. The monoisotopic (exact) mass is 240 g/mol. The molecule has 1 aliphatic rings. The standard InChI is InChI=1S/C14H28N2O/c1-4-6-7-12(5-2)13(17)16-9-8-14(3,10-15)11-16/h12H,4-11,15H2,1-3H3. The van der Waals surface area contributed by atoms with Crippen LogP contribution in [-0.2, 0) is 4.79 Å². The summed E-state index contributed by atoms with van der Waals surface area (Å²) in [5, 5.41) is 0. The zero-order chi connectivity index (χ0) is 12.9. The number of rotatable bonds is 6. The van der Waals surface area contributed by atoms with Gasteiger partial charge < -0.3 is 10.6 Å².